The van der Waals surface area contributed by atoms with E-state index in [0.29, 0.717) is 26.2 Å². The van der Waals surface area contributed by atoms with Crippen molar-refractivity contribution in [2.45, 2.75) is 19.8 Å². The first kappa shape index (κ1) is 15.9. The molecule has 1 saturated heterocycles. The molecule has 1 heterocycles. The van der Waals surface area contributed by atoms with Crippen LogP contribution < -0.4 is 11.1 Å². The fourth-order valence-electron chi connectivity index (χ4n) is 2.36. The molecule has 1 aliphatic heterocycles. The summed E-state index contributed by atoms with van der Waals surface area (Å²) in [5.74, 6) is -0.199. The summed E-state index contributed by atoms with van der Waals surface area (Å²) >= 11 is 0. The van der Waals surface area contributed by atoms with Gasteiger partial charge in [0, 0.05) is 33.3 Å². The van der Waals surface area contributed by atoms with Gasteiger partial charge in [0.15, 0.2) is 0 Å². The van der Waals surface area contributed by atoms with Crippen LogP contribution in [0.1, 0.15) is 19.8 Å². The van der Waals surface area contributed by atoms with Crippen LogP contribution in [0.15, 0.2) is 0 Å². The van der Waals surface area contributed by atoms with E-state index in [9.17, 15) is 9.59 Å². The highest BCUT2D eigenvalue weighted by molar-refractivity contribution is 5.82. The lowest BCUT2D eigenvalue weighted by Crippen LogP contribution is -2.48. The number of methoxy groups -OCH3 is 1. The van der Waals surface area contributed by atoms with Crippen LogP contribution in [-0.4, -0.2) is 56.6 Å². The van der Waals surface area contributed by atoms with Crippen molar-refractivity contribution in [3.63, 3.8) is 0 Å². The summed E-state index contributed by atoms with van der Waals surface area (Å²) in [4.78, 5) is 25.8. The third-order valence-corrected chi connectivity index (χ3v) is 3.39. The van der Waals surface area contributed by atoms with Gasteiger partial charge in [-0.3, -0.25) is 9.59 Å². The first-order valence-electron chi connectivity index (χ1n) is 6.85. The Morgan fingerprint density at radius 1 is 1.53 bits per heavy atom. The highest BCUT2D eigenvalue weighted by atomic mass is 16.5. The Morgan fingerprint density at radius 2 is 2.26 bits per heavy atom. The number of piperidine rings is 1. The van der Waals surface area contributed by atoms with Gasteiger partial charge in [-0.25, -0.2) is 0 Å². The van der Waals surface area contributed by atoms with Crippen molar-refractivity contribution >= 4 is 11.8 Å². The average Bonchev–Trinajstić information content (AvgIpc) is 2.44. The number of rotatable bonds is 6. The summed E-state index contributed by atoms with van der Waals surface area (Å²) in [7, 11) is 1.59. The van der Waals surface area contributed by atoms with Crippen molar-refractivity contribution in [3.8, 4) is 0 Å². The SMILES string of the molecule is COCC(C)C(=O)N1CCCC(C(=O)NCCN)C1. The maximum atomic E-state index is 12.2. The number of carbonyl (C=O) groups excluding carboxylic acids is 2. The maximum absolute atomic E-state index is 12.2. The molecule has 0 aromatic carbocycles. The third kappa shape index (κ3) is 4.80. The predicted octanol–water partition coefficient (Wildman–Crippen LogP) is -0.418. The zero-order valence-electron chi connectivity index (χ0n) is 11.9. The Kier molecular flexibility index (Phi) is 6.80. The number of hydrogen-bond donors (Lipinski definition) is 2. The van der Waals surface area contributed by atoms with Crippen molar-refractivity contribution in [1.29, 1.82) is 0 Å². The zero-order valence-corrected chi connectivity index (χ0v) is 11.9. The second-order valence-electron chi connectivity index (χ2n) is 5.06. The monoisotopic (exact) mass is 271 g/mol. The standard InChI is InChI=1S/C13H25N3O3/c1-10(9-19-2)13(18)16-7-3-4-11(8-16)12(17)15-6-5-14/h10-11H,3-9,14H2,1-2H3,(H,15,17). The Morgan fingerprint density at radius 3 is 2.89 bits per heavy atom. The lowest BCUT2D eigenvalue weighted by molar-refractivity contribution is -0.140. The van der Waals surface area contributed by atoms with E-state index in [2.05, 4.69) is 5.32 Å². The molecule has 2 amide bonds. The maximum Gasteiger partial charge on any atom is 0.227 e. The summed E-state index contributed by atoms with van der Waals surface area (Å²) in [6.45, 7) is 4.43. The summed E-state index contributed by atoms with van der Waals surface area (Å²) in [5, 5.41) is 2.79. The molecule has 0 saturated carbocycles. The minimum absolute atomic E-state index is 0.00217. The minimum atomic E-state index is -0.157. The van der Waals surface area contributed by atoms with Crippen LogP contribution in [0.2, 0.25) is 0 Å². The third-order valence-electron chi connectivity index (χ3n) is 3.39. The molecule has 1 fully saturated rings. The molecule has 1 aliphatic rings. The Hall–Kier alpha value is -1.14. The molecule has 1 rings (SSSR count). The molecular weight excluding hydrogens is 246 g/mol. The van der Waals surface area contributed by atoms with E-state index in [1.807, 2.05) is 6.92 Å². The molecule has 110 valence electrons. The van der Waals surface area contributed by atoms with E-state index in [1.165, 1.54) is 0 Å². The topological polar surface area (TPSA) is 84.7 Å². The van der Waals surface area contributed by atoms with Gasteiger partial charge in [0.1, 0.15) is 0 Å². The molecule has 0 spiro atoms. The minimum Gasteiger partial charge on any atom is -0.384 e. The van der Waals surface area contributed by atoms with Crippen LogP contribution in [0, 0.1) is 11.8 Å². The highest BCUT2D eigenvalue weighted by Gasteiger charge is 2.30. The number of nitrogens with one attached hydrogen (secondary N) is 1. The van der Waals surface area contributed by atoms with Gasteiger partial charge in [-0.1, -0.05) is 6.92 Å². The molecule has 0 radical (unpaired) electrons. The number of nitrogens with two attached hydrogens (primary N) is 1. The van der Waals surface area contributed by atoms with E-state index in [0.717, 1.165) is 19.4 Å². The van der Waals surface area contributed by atoms with E-state index in [1.54, 1.807) is 12.0 Å². The van der Waals surface area contributed by atoms with Crippen LogP contribution in [-0.2, 0) is 14.3 Å². The van der Waals surface area contributed by atoms with Crippen molar-refractivity contribution in [2.24, 2.45) is 17.6 Å². The van der Waals surface area contributed by atoms with Crippen LogP contribution >= 0.6 is 0 Å². The van der Waals surface area contributed by atoms with E-state index >= 15 is 0 Å². The molecule has 3 N–H and O–H groups in total. The molecular formula is C13H25N3O3. The average molecular weight is 271 g/mol. The van der Waals surface area contributed by atoms with Gasteiger partial charge in [0.25, 0.3) is 0 Å². The summed E-state index contributed by atoms with van der Waals surface area (Å²) in [6, 6.07) is 0. The van der Waals surface area contributed by atoms with Crippen LogP contribution in [0.4, 0.5) is 0 Å². The number of hydrogen-bond acceptors (Lipinski definition) is 4. The molecule has 6 nitrogen and oxygen atoms in total. The Bertz CT molecular complexity index is 310. The zero-order chi connectivity index (χ0) is 14.3. The van der Waals surface area contributed by atoms with Crippen molar-refractivity contribution in [1.82, 2.24) is 10.2 Å². The first-order chi connectivity index (χ1) is 9.10. The van der Waals surface area contributed by atoms with Gasteiger partial charge in [0.2, 0.25) is 11.8 Å². The quantitative estimate of drug-likeness (QED) is 0.687. The summed E-state index contributed by atoms with van der Waals surface area (Å²) in [6.07, 6.45) is 1.70. The molecule has 2 atom stereocenters. The summed E-state index contributed by atoms with van der Waals surface area (Å²) < 4.78 is 5.00. The lowest BCUT2D eigenvalue weighted by atomic mass is 9.96. The molecule has 19 heavy (non-hydrogen) atoms. The molecule has 2 unspecified atom stereocenters. The molecule has 0 aliphatic carbocycles. The number of ether oxygens (including phenoxy) is 1. The van der Waals surface area contributed by atoms with Crippen LogP contribution in [0.25, 0.3) is 0 Å². The van der Waals surface area contributed by atoms with Crippen molar-refractivity contribution in [3.05, 3.63) is 0 Å². The van der Waals surface area contributed by atoms with Crippen LogP contribution in [0.5, 0.6) is 0 Å². The normalized spacial score (nSPS) is 21.0. The Labute approximate surface area is 114 Å². The van der Waals surface area contributed by atoms with Crippen molar-refractivity contribution < 1.29 is 14.3 Å². The molecule has 0 aromatic rings. The fraction of sp³-hybridized carbons (Fsp3) is 0.846. The van der Waals surface area contributed by atoms with E-state index < -0.39 is 0 Å². The van der Waals surface area contributed by atoms with Gasteiger partial charge in [0.05, 0.1) is 18.4 Å². The number of likely N-dealkylation sites (tertiary alicyclic amines) is 1. The molecule has 0 aromatic heterocycles. The fourth-order valence-corrected chi connectivity index (χ4v) is 2.36. The summed E-state index contributed by atoms with van der Waals surface area (Å²) in [5.41, 5.74) is 5.36. The Balaban J connectivity index is 2.49. The number of carbonyl (C=O) groups is 2. The second-order valence-corrected chi connectivity index (χ2v) is 5.06. The van der Waals surface area contributed by atoms with E-state index in [4.69, 9.17) is 10.5 Å². The van der Waals surface area contributed by atoms with Crippen LogP contribution in [0.3, 0.4) is 0 Å². The smallest absolute Gasteiger partial charge is 0.227 e. The second kappa shape index (κ2) is 8.12. The molecule has 0 bridgehead atoms. The highest BCUT2D eigenvalue weighted by Crippen LogP contribution is 2.18. The largest absolute Gasteiger partial charge is 0.384 e. The first-order valence-corrected chi connectivity index (χ1v) is 6.85. The van der Waals surface area contributed by atoms with E-state index in [-0.39, 0.29) is 23.7 Å². The number of amides is 2. The van der Waals surface area contributed by atoms with Gasteiger partial charge < -0.3 is 20.7 Å². The van der Waals surface area contributed by atoms with Gasteiger partial charge in [-0.05, 0) is 12.8 Å². The molecule has 6 heteroatoms. The van der Waals surface area contributed by atoms with Gasteiger partial charge >= 0.3 is 0 Å². The van der Waals surface area contributed by atoms with Gasteiger partial charge in [-0.15, -0.1) is 0 Å². The van der Waals surface area contributed by atoms with Gasteiger partial charge in [-0.2, -0.15) is 0 Å². The lowest BCUT2D eigenvalue weighted by Gasteiger charge is -2.33. The predicted molar refractivity (Wildman–Crippen MR) is 72.4 cm³/mol. The number of nitrogens with zero attached hydrogens (tertiary/aromatic N) is 1. The van der Waals surface area contributed by atoms with Crippen molar-refractivity contribution in [2.75, 3.05) is 39.9 Å².